The summed E-state index contributed by atoms with van der Waals surface area (Å²) >= 11 is 0. The van der Waals surface area contributed by atoms with Crippen molar-refractivity contribution in [1.29, 1.82) is 0 Å². The van der Waals surface area contributed by atoms with E-state index in [9.17, 15) is 0 Å². The zero-order valence-corrected chi connectivity index (χ0v) is 15.9. The van der Waals surface area contributed by atoms with E-state index < -0.39 is 0 Å². The van der Waals surface area contributed by atoms with Crippen LogP contribution in [0.5, 0.6) is 0 Å². The summed E-state index contributed by atoms with van der Waals surface area (Å²) in [6.45, 7) is 13.4. The highest BCUT2D eigenvalue weighted by Crippen LogP contribution is 2.38. The van der Waals surface area contributed by atoms with Gasteiger partial charge in [0.25, 0.3) is 0 Å². The first kappa shape index (κ1) is 18.5. The normalized spacial score (nSPS) is 16.1. The number of allylic oxidation sites excluding steroid dienone is 4. The number of nitrogens with zero attached hydrogens (tertiary/aromatic N) is 4. The molecule has 0 amide bonds. The molecule has 0 spiro atoms. The van der Waals surface area contributed by atoms with Gasteiger partial charge in [-0.2, -0.15) is 10.2 Å². The Morgan fingerprint density at radius 2 is 1.05 bits per heavy atom. The van der Waals surface area contributed by atoms with Crippen molar-refractivity contribution in [2.24, 2.45) is 21.0 Å². The van der Waals surface area contributed by atoms with Crippen LogP contribution < -0.4 is 0 Å². The summed E-state index contributed by atoms with van der Waals surface area (Å²) in [5.74, 6) is 0. The van der Waals surface area contributed by atoms with Crippen LogP contribution in [0.3, 0.4) is 0 Å². The summed E-state index contributed by atoms with van der Waals surface area (Å²) in [6, 6.07) is 0. The Bertz CT molecular complexity index is 496. The van der Waals surface area contributed by atoms with Gasteiger partial charge in [-0.1, -0.05) is 41.5 Å². The Morgan fingerprint density at radius 1 is 0.682 bits per heavy atom. The van der Waals surface area contributed by atoms with E-state index in [0.29, 0.717) is 0 Å². The van der Waals surface area contributed by atoms with E-state index in [-0.39, 0.29) is 10.8 Å². The third kappa shape index (κ3) is 4.72. The summed E-state index contributed by atoms with van der Waals surface area (Å²) in [5.41, 5.74) is 4.53. The van der Waals surface area contributed by atoms with Gasteiger partial charge in [-0.3, -0.25) is 0 Å². The van der Waals surface area contributed by atoms with Gasteiger partial charge in [0, 0.05) is 28.2 Å². The summed E-state index contributed by atoms with van der Waals surface area (Å²) in [5, 5.41) is 13.1. The van der Waals surface area contributed by atoms with Crippen LogP contribution in [-0.4, -0.2) is 49.6 Å². The SMILES string of the molecule is CN(C)N=C1C=C(C(C)(C)C)C(=NN(C)C)C(C(C)(C)C)=C1. The molecule has 0 aromatic heterocycles. The second-order valence-corrected chi connectivity index (χ2v) is 8.28. The second kappa shape index (κ2) is 6.27. The lowest BCUT2D eigenvalue weighted by atomic mass is 9.72. The van der Waals surface area contributed by atoms with E-state index >= 15 is 0 Å². The molecule has 1 rings (SSSR count). The predicted molar refractivity (Wildman–Crippen MR) is 97.3 cm³/mol. The summed E-state index contributed by atoms with van der Waals surface area (Å²) in [6.07, 6.45) is 4.33. The fraction of sp³-hybridized carbons (Fsp3) is 0.667. The predicted octanol–water partition coefficient (Wildman–Crippen LogP) is 3.78. The molecule has 0 aromatic rings. The molecule has 0 saturated heterocycles. The van der Waals surface area contributed by atoms with Crippen molar-refractivity contribution < 1.29 is 0 Å². The maximum absolute atomic E-state index is 4.79. The topological polar surface area (TPSA) is 31.2 Å². The average Bonchev–Trinajstić information content (AvgIpc) is 2.26. The van der Waals surface area contributed by atoms with Crippen molar-refractivity contribution >= 4 is 11.4 Å². The molecule has 0 unspecified atom stereocenters. The fourth-order valence-electron chi connectivity index (χ4n) is 2.36. The van der Waals surface area contributed by atoms with Crippen LogP contribution in [0.2, 0.25) is 0 Å². The largest absolute Gasteiger partial charge is 0.303 e. The van der Waals surface area contributed by atoms with Crippen LogP contribution in [0.15, 0.2) is 33.5 Å². The van der Waals surface area contributed by atoms with Crippen LogP contribution >= 0.6 is 0 Å². The summed E-state index contributed by atoms with van der Waals surface area (Å²) in [7, 11) is 7.84. The molecule has 0 N–H and O–H groups in total. The first-order valence-electron chi connectivity index (χ1n) is 7.79. The standard InChI is InChI=1S/C18H32N4/c1-17(2,3)14-11-13(19-21(7)8)12-15(18(4,5)6)16(14)20-22(9)10/h11-12H,1-10H3. The summed E-state index contributed by atoms with van der Waals surface area (Å²) < 4.78 is 0. The monoisotopic (exact) mass is 304 g/mol. The Balaban J connectivity index is 3.60. The van der Waals surface area contributed by atoms with Gasteiger partial charge in [-0.15, -0.1) is 0 Å². The van der Waals surface area contributed by atoms with Crippen molar-refractivity contribution in [3.63, 3.8) is 0 Å². The maximum atomic E-state index is 4.79. The molecule has 0 atom stereocenters. The van der Waals surface area contributed by atoms with Crippen LogP contribution in [0.1, 0.15) is 41.5 Å². The van der Waals surface area contributed by atoms with Crippen molar-refractivity contribution in [3.05, 3.63) is 23.3 Å². The number of hydrogen-bond acceptors (Lipinski definition) is 4. The van der Waals surface area contributed by atoms with Gasteiger partial charge in [0.15, 0.2) is 0 Å². The molecule has 1 aliphatic carbocycles. The van der Waals surface area contributed by atoms with Crippen molar-refractivity contribution in [2.75, 3.05) is 28.2 Å². The molecule has 0 bridgehead atoms. The molecule has 0 saturated carbocycles. The van der Waals surface area contributed by atoms with Gasteiger partial charge < -0.3 is 10.0 Å². The van der Waals surface area contributed by atoms with Crippen molar-refractivity contribution in [1.82, 2.24) is 10.0 Å². The third-order valence-corrected chi connectivity index (χ3v) is 3.33. The fourth-order valence-corrected chi connectivity index (χ4v) is 2.36. The van der Waals surface area contributed by atoms with Gasteiger partial charge >= 0.3 is 0 Å². The Labute approximate surface area is 136 Å². The molecule has 0 aromatic carbocycles. The second-order valence-electron chi connectivity index (χ2n) is 8.28. The van der Waals surface area contributed by atoms with Gasteiger partial charge in [-0.05, 0) is 34.1 Å². The van der Waals surface area contributed by atoms with Crippen molar-refractivity contribution in [2.45, 2.75) is 41.5 Å². The average molecular weight is 304 g/mol. The smallest absolute Gasteiger partial charge is 0.0907 e. The molecule has 1 aliphatic rings. The highest BCUT2D eigenvalue weighted by atomic mass is 15.4. The zero-order chi connectivity index (χ0) is 17.3. The van der Waals surface area contributed by atoms with Crippen LogP contribution in [-0.2, 0) is 0 Å². The molecule has 0 heterocycles. The highest BCUT2D eigenvalue weighted by molar-refractivity contribution is 6.24. The quantitative estimate of drug-likeness (QED) is 0.574. The van der Waals surface area contributed by atoms with E-state index in [4.69, 9.17) is 5.10 Å². The van der Waals surface area contributed by atoms with Crippen LogP contribution in [0, 0.1) is 10.8 Å². The minimum absolute atomic E-state index is 0.00663. The molecule has 4 nitrogen and oxygen atoms in total. The maximum Gasteiger partial charge on any atom is 0.0907 e. The van der Waals surface area contributed by atoms with E-state index in [0.717, 1.165) is 11.4 Å². The molecule has 124 valence electrons. The number of hydrogen-bond donors (Lipinski definition) is 0. The summed E-state index contributed by atoms with van der Waals surface area (Å²) in [4.78, 5) is 0. The number of rotatable bonds is 2. The van der Waals surface area contributed by atoms with E-state index in [2.05, 4.69) is 58.8 Å². The van der Waals surface area contributed by atoms with E-state index in [1.54, 1.807) is 0 Å². The Kier molecular flexibility index (Phi) is 5.26. The Morgan fingerprint density at radius 3 is 1.32 bits per heavy atom. The molecule has 0 radical (unpaired) electrons. The minimum atomic E-state index is 0.00663. The van der Waals surface area contributed by atoms with E-state index in [1.165, 1.54) is 11.1 Å². The van der Waals surface area contributed by atoms with Crippen LogP contribution in [0.25, 0.3) is 0 Å². The minimum Gasteiger partial charge on any atom is -0.303 e. The lowest BCUT2D eigenvalue weighted by Gasteiger charge is -2.34. The third-order valence-electron chi connectivity index (χ3n) is 3.33. The molecule has 0 fully saturated rings. The first-order valence-corrected chi connectivity index (χ1v) is 7.79. The molecular formula is C18H32N4. The molecule has 0 aliphatic heterocycles. The van der Waals surface area contributed by atoms with Crippen LogP contribution in [0.4, 0.5) is 0 Å². The van der Waals surface area contributed by atoms with E-state index in [1.807, 2.05) is 38.2 Å². The zero-order valence-electron chi connectivity index (χ0n) is 15.9. The van der Waals surface area contributed by atoms with Gasteiger partial charge in [-0.25, -0.2) is 0 Å². The lowest BCUT2D eigenvalue weighted by Crippen LogP contribution is -2.31. The molecule has 4 heteroatoms. The highest BCUT2D eigenvalue weighted by Gasteiger charge is 2.33. The molecular weight excluding hydrogens is 272 g/mol. The van der Waals surface area contributed by atoms with Gasteiger partial charge in [0.1, 0.15) is 0 Å². The Hall–Kier alpha value is -1.58. The van der Waals surface area contributed by atoms with Gasteiger partial charge in [0.2, 0.25) is 0 Å². The number of hydrazone groups is 2. The first-order chi connectivity index (χ1) is 9.82. The van der Waals surface area contributed by atoms with Crippen molar-refractivity contribution in [3.8, 4) is 0 Å². The molecule has 22 heavy (non-hydrogen) atoms. The lowest BCUT2D eigenvalue weighted by molar-refractivity contribution is 0.429. The van der Waals surface area contributed by atoms with Gasteiger partial charge in [0.05, 0.1) is 11.4 Å².